The van der Waals surface area contributed by atoms with Gasteiger partial charge in [0.2, 0.25) is 11.8 Å². The van der Waals surface area contributed by atoms with Crippen LogP contribution in [0.4, 0.5) is 0 Å². The van der Waals surface area contributed by atoms with E-state index in [2.05, 4.69) is 10.3 Å². The molecule has 1 aliphatic rings. The Morgan fingerprint density at radius 3 is 2.59 bits per heavy atom. The number of benzene rings is 1. The summed E-state index contributed by atoms with van der Waals surface area (Å²) in [5.41, 5.74) is 2.62. The molecule has 1 amide bonds. The van der Waals surface area contributed by atoms with E-state index in [-0.39, 0.29) is 30.6 Å². The van der Waals surface area contributed by atoms with Crippen LogP contribution in [0.2, 0.25) is 0 Å². The number of Topliss-reactive ketones (excluding diaryl/α,β-unsaturated/α-hetero) is 1. The van der Waals surface area contributed by atoms with Crippen molar-refractivity contribution in [3.05, 3.63) is 41.3 Å². The molecule has 144 valence electrons. The summed E-state index contributed by atoms with van der Waals surface area (Å²) < 4.78 is 5.73. The minimum Gasteiger partial charge on any atom is -0.441 e. The Kier molecular flexibility index (Phi) is 6.43. The monoisotopic (exact) mass is 368 g/mol. The number of oxazole rings is 1. The normalized spacial score (nSPS) is 15.3. The third-order valence-corrected chi connectivity index (χ3v) is 5.10. The van der Waals surface area contributed by atoms with Crippen LogP contribution >= 0.6 is 0 Å². The fraction of sp³-hybridized carbons (Fsp3) is 0.500. The fourth-order valence-electron chi connectivity index (χ4n) is 3.62. The first-order valence-electron chi connectivity index (χ1n) is 9.85. The molecule has 1 aromatic carbocycles. The molecule has 1 aliphatic carbocycles. The molecule has 1 aromatic heterocycles. The smallest absolute Gasteiger partial charge is 0.227 e. The molecule has 0 spiro atoms. The van der Waals surface area contributed by atoms with Crippen molar-refractivity contribution in [1.29, 1.82) is 0 Å². The number of nitrogens with one attached hydrogen (secondary N) is 1. The Morgan fingerprint density at radius 2 is 1.89 bits per heavy atom. The average molecular weight is 368 g/mol. The summed E-state index contributed by atoms with van der Waals surface area (Å²) >= 11 is 0. The zero-order valence-electron chi connectivity index (χ0n) is 16.2. The maximum Gasteiger partial charge on any atom is 0.227 e. The third-order valence-electron chi connectivity index (χ3n) is 5.10. The van der Waals surface area contributed by atoms with Crippen molar-refractivity contribution in [1.82, 2.24) is 10.3 Å². The Bertz CT molecular complexity index is 802. The summed E-state index contributed by atoms with van der Waals surface area (Å²) in [6.07, 6.45) is 6.84. The average Bonchev–Trinajstić information content (AvgIpc) is 2.81. The van der Waals surface area contributed by atoms with Crippen LogP contribution in [0.5, 0.6) is 0 Å². The lowest BCUT2D eigenvalue weighted by Crippen LogP contribution is -2.35. The molecule has 5 heteroatoms. The standard InChI is InChI=1S/C22H28N2O3/c1-15-8-7-9-17(12-15)22-24-20(16(2)27-22)13-19(25)14-21(26)23-18-10-5-3-4-6-11-18/h7-9,12,18H,3-6,10-11,13-14H2,1-2H3,(H,23,26). The molecule has 1 saturated carbocycles. The highest BCUT2D eigenvalue weighted by atomic mass is 16.4. The maximum absolute atomic E-state index is 12.3. The lowest BCUT2D eigenvalue weighted by atomic mass is 10.1. The first-order chi connectivity index (χ1) is 13.0. The topological polar surface area (TPSA) is 72.2 Å². The van der Waals surface area contributed by atoms with Crippen molar-refractivity contribution in [2.45, 2.75) is 71.3 Å². The highest BCUT2D eigenvalue weighted by Gasteiger charge is 2.19. The first-order valence-corrected chi connectivity index (χ1v) is 9.85. The number of hydrogen-bond acceptors (Lipinski definition) is 4. The Labute approximate surface area is 160 Å². The van der Waals surface area contributed by atoms with Gasteiger partial charge >= 0.3 is 0 Å². The van der Waals surface area contributed by atoms with E-state index < -0.39 is 0 Å². The van der Waals surface area contributed by atoms with E-state index in [0.717, 1.165) is 36.8 Å². The van der Waals surface area contributed by atoms with Crippen molar-refractivity contribution in [3.8, 4) is 11.5 Å². The van der Waals surface area contributed by atoms with E-state index in [1.807, 2.05) is 31.2 Å². The van der Waals surface area contributed by atoms with E-state index in [1.165, 1.54) is 12.8 Å². The van der Waals surface area contributed by atoms with Crippen LogP contribution in [-0.2, 0) is 16.0 Å². The van der Waals surface area contributed by atoms with Gasteiger partial charge < -0.3 is 9.73 Å². The molecular formula is C22H28N2O3. The highest BCUT2D eigenvalue weighted by molar-refractivity contribution is 5.98. The summed E-state index contributed by atoms with van der Waals surface area (Å²) in [6, 6.07) is 8.11. The summed E-state index contributed by atoms with van der Waals surface area (Å²) in [4.78, 5) is 29.0. The number of aryl methyl sites for hydroxylation is 2. The van der Waals surface area contributed by atoms with Gasteiger partial charge in [-0.3, -0.25) is 9.59 Å². The van der Waals surface area contributed by atoms with E-state index in [9.17, 15) is 9.59 Å². The molecule has 1 N–H and O–H groups in total. The van der Waals surface area contributed by atoms with Crippen LogP contribution in [0.1, 0.15) is 62.0 Å². The first kappa shape index (κ1) is 19.3. The molecular weight excluding hydrogens is 340 g/mol. The van der Waals surface area contributed by atoms with Crippen LogP contribution in [0.25, 0.3) is 11.5 Å². The van der Waals surface area contributed by atoms with E-state index in [1.54, 1.807) is 6.92 Å². The van der Waals surface area contributed by atoms with Gasteiger partial charge in [-0.15, -0.1) is 0 Å². The molecule has 5 nitrogen and oxygen atoms in total. The molecule has 0 unspecified atom stereocenters. The molecule has 1 fully saturated rings. The number of amides is 1. The highest BCUT2D eigenvalue weighted by Crippen LogP contribution is 2.23. The number of rotatable bonds is 6. The van der Waals surface area contributed by atoms with Gasteiger partial charge in [-0.05, 0) is 38.8 Å². The largest absolute Gasteiger partial charge is 0.441 e. The number of carbonyl (C=O) groups excluding carboxylic acids is 2. The molecule has 0 radical (unpaired) electrons. The van der Waals surface area contributed by atoms with Crippen molar-refractivity contribution in [3.63, 3.8) is 0 Å². The van der Waals surface area contributed by atoms with Gasteiger partial charge in [-0.25, -0.2) is 4.98 Å². The second kappa shape index (κ2) is 8.98. The van der Waals surface area contributed by atoms with Crippen molar-refractivity contribution >= 4 is 11.7 Å². The zero-order chi connectivity index (χ0) is 19.2. The number of carbonyl (C=O) groups is 2. The summed E-state index contributed by atoms with van der Waals surface area (Å²) in [7, 11) is 0. The van der Waals surface area contributed by atoms with Gasteiger partial charge in [0.05, 0.1) is 18.5 Å². The van der Waals surface area contributed by atoms with Gasteiger partial charge in [0.15, 0.2) is 0 Å². The SMILES string of the molecule is Cc1cccc(-c2nc(CC(=O)CC(=O)NC3CCCCCC3)c(C)o2)c1. The minimum absolute atomic E-state index is 0.0947. The van der Waals surface area contributed by atoms with Crippen molar-refractivity contribution in [2.24, 2.45) is 0 Å². The molecule has 0 aliphatic heterocycles. The van der Waals surface area contributed by atoms with Crippen LogP contribution in [-0.4, -0.2) is 22.7 Å². The third kappa shape index (κ3) is 5.52. The maximum atomic E-state index is 12.3. The predicted octanol–water partition coefficient (Wildman–Crippen LogP) is 4.30. The molecule has 0 bridgehead atoms. The Balaban J connectivity index is 1.56. The van der Waals surface area contributed by atoms with Gasteiger partial charge in [0.25, 0.3) is 0 Å². The predicted molar refractivity (Wildman–Crippen MR) is 104 cm³/mol. The van der Waals surface area contributed by atoms with E-state index in [0.29, 0.717) is 17.3 Å². The van der Waals surface area contributed by atoms with Gasteiger partial charge in [-0.2, -0.15) is 0 Å². The van der Waals surface area contributed by atoms with Crippen molar-refractivity contribution < 1.29 is 14.0 Å². The van der Waals surface area contributed by atoms with Crippen LogP contribution < -0.4 is 5.32 Å². The Morgan fingerprint density at radius 1 is 1.15 bits per heavy atom. The van der Waals surface area contributed by atoms with Gasteiger partial charge in [-0.1, -0.05) is 43.4 Å². The van der Waals surface area contributed by atoms with Gasteiger partial charge in [0.1, 0.15) is 11.5 Å². The second-order valence-electron chi connectivity index (χ2n) is 7.54. The molecule has 27 heavy (non-hydrogen) atoms. The lowest BCUT2D eigenvalue weighted by molar-refractivity contribution is -0.128. The summed E-state index contributed by atoms with van der Waals surface area (Å²) in [6.45, 7) is 3.82. The molecule has 0 atom stereocenters. The second-order valence-corrected chi connectivity index (χ2v) is 7.54. The van der Waals surface area contributed by atoms with Crippen LogP contribution in [0.3, 0.4) is 0 Å². The van der Waals surface area contributed by atoms with Crippen LogP contribution in [0, 0.1) is 13.8 Å². The van der Waals surface area contributed by atoms with Crippen molar-refractivity contribution in [2.75, 3.05) is 0 Å². The fourth-order valence-corrected chi connectivity index (χ4v) is 3.62. The quantitative estimate of drug-likeness (QED) is 0.609. The van der Waals surface area contributed by atoms with E-state index in [4.69, 9.17) is 4.42 Å². The number of ketones is 1. The number of hydrogen-bond donors (Lipinski definition) is 1. The minimum atomic E-state index is -0.174. The van der Waals surface area contributed by atoms with E-state index >= 15 is 0 Å². The summed E-state index contributed by atoms with van der Waals surface area (Å²) in [5, 5.41) is 3.02. The molecule has 3 rings (SSSR count). The number of aromatic nitrogens is 1. The zero-order valence-corrected chi connectivity index (χ0v) is 16.2. The van der Waals surface area contributed by atoms with Gasteiger partial charge in [0, 0.05) is 11.6 Å². The molecule has 1 heterocycles. The molecule has 0 saturated heterocycles. The lowest BCUT2D eigenvalue weighted by Gasteiger charge is -2.15. The Hall–Kier alpha value is -2.43. The van der Waals surface area contributed by atoms with Crippen LogP contribution in [0.15, 0.2) is 28.7 Å². The number of nitrogens with zero attached hydrogens (tertiary/aromatic N) is 1. The summed E-state index contributed by atoms with van der Waals surface area (Å²) in [5.74, 6) is 0.839. The molecule has 2 aromatic rings.